The third-order valence-corrected chi connectivity index (χ3v) is 4.60. The Hall–Kier alpha value is -3.09. The van der Waals surface area contributed by atoms with Crippen LogP contribution in [0, 0.1) is 6.92 Å². The molecule has 0 spiro atoms. The Kier molecular flexibility index (Phi) is 4.43. The highest BCUT2D eigenvalue weighted by Crippen LogP contribution is 2.31. The van der Waals surface area contributed by atoms with Gasteiger partial charge in [0.05, 0.1) is 0 Å². The highest BCUT2D eigenvalue weighted by atomic mass is 16.5. The van der Waals surface area contributed by atoms with Gasteiger partial charge in [0, 0.05) is 30.1 Å². The van der Waals surface area contributed by atoms with Crippen LogP contribution in [0.2, 0.25) is 0 Å². The van der Waals surface area contributed by atoms with Crippen LogP contribution in [0.4, 0.5) is 0 Å². The number of carbonyl (C=O) groups is 1. The first-order chi connectivity index (χ1) is 12.7. The van der Waals surface area contributed by atoms with Crippen molar-refractivity contribution < 1.29 is 9.32 Å². The Morgan fingerprint density at radius 1 is 1.19 bits per heavy atom. The molecule has 1 fully saturated rings. The maximum Gasteiger partial charge on any atom is 0.254 e. The molecule has 26 heavy (non-hydrogen) atoms. The van der Waals surface area contributed by atoms with Gasteiger partial charge in [-0.05, 0) is 43.9 Å². The first-order valence-corrected chi connectivity index (χ1v) is 8.69. The fourth-order valence-electron chi connectivity index (χ4n) is 3.33. The molecule has 4 rings (SSSR count). The van der Waals surface area contributed by atoms with Gasteiger partial charge in [-0.2, -0.15) is 4.98 Å². The van der Waals surface area contributed by atoms with Crippen LogP contribution in [0.1, 0.15) is 47.4 Å². The van der Waals surface area contributed by atoms with Gasteiger partial charge in [-0.25, -0.2) is 9.97 Å². The zero-order chi connectivity index (χ0) is 17.9. The molecule has 1 unspecified atom stereocenters. The first kappa shape index (κ1) is 16.4. The van der Waals surface area contributed by atoms with E-state index in [9.17, 15) is 4.79 Å². The van der Waals surface area contributed by atoms with Crippen molar-refractivity contribution in [3.63, 3.8) is 0 Å². The highest BCUT2D eigenvalue weighted by molar-refractivity contribution is 5.95. The Balaban J connectivity index is 1.63. The number of rotatable bonds is 3. The van der Waals surface area contributed by atoms with Crippen molar-refractivity contribution in [2.75, 3.05) is 6.54 Å². The van der Waals surface area contributed by atoms with E-state index >= 15 is 0 Å². The van der Waals surface area contributed by atoms with E-state index in [0.29, 0.717) is 23.8 Å². The molecule has 132 valence electrons. The summed E-state index contributed by atoms with van der Waals surface area (Å²) >= 11 is 0. The summed E-state index contributed by atoms with van der Waals surface area (Å²) < 4.78 is 5.34. The fraction of sp³-hybridized carbons (Fsp3) is 0.316. The lowest BCUT2D eigenvalue weighted by Gasteiger charge is -2.33. The summed E-state index contributed by atoms with van der Waals surface area (Å²) in [7, 11) is 0. The van der Waals surface area contributed by atoms with E-state index in [1.807, 2.05) is 29.2 Å². The van der Waals surface area contributed by atoms with E-state index < -0.39 is 0 Å². The van der Waals surface area contributed by atoms with Crippen LogP contribution < -0.4 is 0 Å². The molecule has 1 saturated heterocycles. The number of carbonyl (C=O) groups excluding carboxylic acids is 1. The summed E-state index contributed by atoms with van der Waals surface area (Å²) in [5.74, 6) is 1.08. The lowest BCUT2D eigenvalue weighted by Crippen LogP contribution is -2.38. The average molecular weight is 349 g/mol. The standard InChI is InChI=1S/C19H19N5O2/c1-13-22-18(26-23-13)17-7-2-3-8-24(17)19(25)15-6-4-5-14(9-15)16-10-20-12-21-11-16/h4-6,9-12,17H,2-3,7-8H2,1H3. The molecule has 7 heteroatoms. The van der Waals surface area contributed by atoms with Crippen LogP contribution in [-0.4, -0.2) is 37.5 Å². The summed E-state index contributed by atoms with van der Waals surface area (Å²) in [6.45, 7) is 2.47. The quantitative estimate of drug-likeness (QED) is 0.722. The average Bonchev–Trinajstić information content (AvgIpc) is 3.14. The summed E-state index contributed by atoms with van der Waals surface area (Å²) in [6.07, 6.45) is 7.81. The van der Waals surface area contributed by atoms with Crippen LogP contribution in [0.25, 0.3) is 11.1 Å². The summed E-state index contributed by atoms with van der Waals surface area (Å²) in [6, 6.07) is 7.38. The highest BCUT2D eigenvalue weighted by Gasteiger charge is 2.32. The van der Waals surface area contributed by atoms with E-state index in [-0.39, 0.29) is 11.9 Å². The fourth-order valence-corrected chi connectivity index (χ4v) is 3.33. The minimum absolute atomic E-state index is 0.0238. The topological polar surface area (TPSA) is 85.0 Å². The smallest absolute Gasteiger partial charge is 0.254 e. The Labute approximate surface area is 151 Å². The lowest BCUT2D eigenvalue weighted by atomic mass is 9.99. The van der Waals surface area contributed by atoms with Gasteiger partial charge in [-0.3, -0.25) is 4.79 Å². The number of piperidine rings is 1. The molecule has 0 aliphatic carbocycles. The molecule has 1 atom stereocenters. The SMILES string of the molecule is Cc1noc(C2CCCCN2C(=O)c2cccc(-c3cncnc3)c2)n1. The molecule has 1 amide bonds. The predicted molar refractivity (Wildman–Crippen MR) is 94.1 cm³/mol. The molecule has 1 aliphatic heterocycles. The minimum Gasteiger partial charge on any atom is -0.337 e. The molecule has 3 heterocycles. The van der Waals surface area contributed by atoms with Crippen LogP contribution in [0.5, 0.6) is 0 Å². The molecule has 1 aliphatic rings. The summed E-state index contributed by atoms with van der Waals surface area (Å²) in [4.78, 5) is 27.5. The van der Waals surface area contributed by atoms with Gasteiger partial charge in [0.2, 0.25) is 5.89 Å². The van der Waals surface area contributed by atoms with Crippen molar-refractivity contribution >= 4 is 5.91 Å². The van der Waals surface area contributed by atoms with Crippen LogP contribution in [0.15, 0.2) is 47.5 Å². The maximum atomic E-state index is 13.2. The molecule has 0 N–H and O–H groups in total. The van der Waals surface area contributed by atoms with Crippen LogP contribution in [-0.2, 0) is 0 Å². The number of amides is 1. The molecule has 0 radical (unpaired) electrons. The van der Waals surface area contributed by atoms with Crippen LogP contribution >= 0.6 is 0 Å². The van der Waals surface area contributed by atoms with Gasteiger partial charge >= 0.3 is 0 Å². The van der Waals surface area contributed by atoms with Gasteiger partial charge in [-0.15, -0.1) is 0 Å². The van der Waals surface area contributed by atoms with E-state index in [0.717, 1.165) is 30.4 Å². The van der Waals surface area contributed by atoms with Crippen molar-refractivity contribution in [2.45, 2.75) is 32.2 Å². The third-order valence-electron chi connectivity index (χ3n) is 4.60. The molecular weight excluding hydrogens is 330 g/mol. The van der Waals surface area contributed by atoms with Gasteiger partial charge in [-0.1, -0.05) is 17.3 Å². The first-order valence-electron chi connectivity index (χ1n) is 8.69. The molecule has 3 aromatic rings. The van der Waals surface area contributed by atoms with Gasteiger partial charge in [0.15, 0.2) is 5.82 Å². The number of benzene rings is 1. The Bertz CT molecular complexity index is 909. The Morgan fingerprint density at radius 3 is 2.81 bits per heavy atom. The van der Waals surface area contributed by atoms with E-state index in [1.165, 1.54) is 6.33 Å². The van der Waals surface area contributed by atoms with Crippen molar-refractivity contribution in [1.29, 1.82) is 0 Å². The molecule has 0 bridgehead atoms. The zero-order valence-corrected chi connectivity index (χ0v) is 14.5. The normalized spacial score (nSPS) is 17.3. The van der Waals surface area contributed by atoms with Crippen molar-refractivity contribution in [2.24, 2.45) is 0 Å². The second kappa shape index (κ2) is 7.03. The van der Waals surface area contributed by atoms with Gasteiger partial charge < -0.3 is 9.42 Å². The van der Waals surface area contributed by atoms with Crippen LogP contribution in [0.3, 0.4) is 0 Å². The maximum absolute atomic E-state index is 13.2. The van der Waals surface area contributed by atoms with E-state index in [2.05, 4.69) is 20.1 Å². The number of likely N-dealkylation sites (tertiary alicyclic amines) is 1. The van der Waals surface area contributed by atoms with Gasteiger partial charge in [0.25, 0.3) is 5.91 Å². The molecule has 1 aromatic carbocycles. The monoisotopic (exact) mass is 349 g/mol. The number of hydrogen-bond donors (Lipinski definition) is 0. The second-order valence-corrected chi connectivity index (χ2v) is 6.40. The van der Waals surface area contributed by atoms with E-state index in [1.54, 1.807) is 19.3 Å². The summed E-state index contributed by atoms with van der Waals surface area (Å²) in [5, 5.41) is 3.87. The number of aromatic nitrogens is 4. The molecular formula is C19H19N5O2. The predicted octanol–water partition coefficient (Wildman–Crippen LogP) is 3.20. The van der Waals surface area contributed by atoms with Crippen molar-refractivity contribution in [3.05, 3.63) is 60.3 Å². The minimum atomic E-state index is -0.166. The number of hydrogen-bond acceptors (Lipinski definition) is 6. The molecule has 7 nitrogen and oxygen atoms in total. The third kappa shape index (κ3) is 3.20. The molecule has 2 aromatic heterocycles. The Morgan fingerprint density at radius 2 is 2.04 bits per heavy atom. The second-order valence-electron chi connectivity index (χ2n) is 6.40. The number of aryl methyl sites for hydroxylation is 1. The van der Waals surface area contributed by atoms with E-state index in [4.69, 9.17) is 4.52 Å². The molecule has 0 saturated carbocycles. The largest absolute Gasteiger partial charge is 0.337 e. The van der Waals surface area contributed by atoms with Crippen molar-refractivity contribution in [1.82, 2.24) is 25.0 Å². The zero-order valence-electron chi connectivity index (χ0n) is 14.5. The van der Waals surface area contributed by atoms with Crippen molar-refractivity contribution in [3.8, 4) is 11.1 Å². The number of nitrogens with zero attached hydrogens (tertiary/aromatic N) is 5. The summed E-state index contributed by atoms with van der Waals surface area (Å²) in [5.41, 5.74) is 2.43. The lowest BCUT2D eigenvalue weighted by molar-refractivity contribution is 0.0561. The van der Waals surface area contributed by atoms with Gasteiger partial charge in [0.1, 0.15) is 12.4 Å².